The highest BCUT2D eigenvalue weighted by atomic mass is 16.1. The first-order valence-corrected chi connectivity index (χ1v) is 10.6. The van der Waals surface area contributed by atoms with Crippen molar-refractivity contribution in [2.45, 2.75) is 13.8 Å². The molecule has 0 unspecified atom stereocenters. The van der Waals surface area contributed by atoms with E-state index < -0.39 is 0 Å². The summed E-state index contributed by atoms with van der Waals surface area (Å²) >= 11 is 0. The van der Waals surface area contributed by atoms with Crippen LogP contribution in [0.4, 0.5) is 5.69 Å². The lowest BCUT2D eigenvalue weighted by atomic mass is 10.0. The number of likely N-dealkylation sites (tertiary alicyclic amines) is 1. The van der Waals surface area contributed by atoms with Gasteiger partial charge in [-0.1, -0.05) is 0 Å². The van der Waals surface area contributed by atoms with Gasteiger partial charge in [-0.15, -0.1) is 14.8 Å². The Bertz CT molecular complexity index is 1380. The fraction of sp³-hybridized carbons (Fsp3) is 0.409. The number of aryl methyl sites for hydroxylation is 2. The maximum atomic E-state index is 13.0. The van der Waals surface area contributed by atoms with E-state index in [0.29, 0.717) is 40.3 Å². The monoisotopic (exact) mass is 416 g/mol. The molecule has 0 amide bonds. The molecule has 2 fully saturated rings. The molecule has 2 atom stereocenters. The van der Waals surface area contributed by atoms with Gasteiger partial charge in [0, 0.05) is 38.4 Å². The van der Waals surface area contributed by atoms with E-state index in [0.717, 1.165) is 37.4 Å². The summed E-state index contributed by atoms with van der Waals surface area (Å²) in [6, 6.07) is 7.35. The minimum absolute atomic E-state index is 0.110. The third kappa shape index (κ3) is 2.99. The zero-order chi connectivity index (χ0) is 21.3. The quantitative estimate of drug-likeness (QED) is 0.489. The minimum atomic E-state index is -0.110. The third-order valence-corrected chi connectivity index (χ3v) is 6.54. The first-order chi connectivity index (χ1) is 14.9. The Hall–Kier alpha value is -3.33. The van der Waals surface area contributed by atoms with Gasteiger partial charge in [0.15, 0.2) is 5.65 Å². The summed E-state index contributed by atoms with van der Waals surface area (Å²) in [6.45, 7) is 8.23. The Morgan fingerprint density at radius 2 is 1.71 bits per heavy atom. The average molecular weight is 416 g/mol. The molecular formula is C22H24N8O. The second-order valence-electron chi connectivity index (χ2n) is 8.93. The van der Waals surface area contributed by atoms with Gasteiger partial charge in [-0.2, -0.15) is 0 Å². The molecule has 0 N–H and O–H groups in total. The van der Waals surface area contributed by atoms with E-state index in [1.54, 1.807) is 10.5 Å². The second kappa shape index (κ2) is 6.58. The van der Waals surface area contributed by atoms with Crippen LogP contribution in [-0.2, 0) is 0 Å². The second-order valence-corrected chi connectivity index (χ2v) is 8.93. The van der Waals surface area contributed by atoms with Gasteiger partial charge in [-0.3, -0.25) is 9.20 Å². The van der Waals surface area contributed by atoms with Crippen LogP contribution in [0.1, 0.15) is 11.4 Å². The number of hydrogen-bond donors (Lipinski definition) is 0. The Labute approximate surface area is 179 Å². The van der Waals surface area contributed by atoms with Crippen LogP contribution in [0.25, 0.3) is 22.7 Å². The van der Waals surface area contributed by atoms with Crippen LogP contribution in [-0.4, -0.2) is 67.3 Å². The third-order valence-electron chi connectivity index (χ3n) is 6.54. The van der Waals surface area contributed by atoms with Crippen molar-refractivity contribution in [3.05, 3.63) is 52.2 Å². The zero-order valence-corrected chi connectivity index (χ0v) is 17.9. The molecule has 2 aliphatic rings. The molecule has 158 valence electrons. The van der Waals surface area contributed by atoms with Crippen molar-refractivity contribution in [2.75, 3.05) is 38.1 Å². The molecule has 2 aliphatic heterocycles. The van der Waals surface area contributed by atoms with Crippen LogP contribution in [0, 0.1) is 25.7 Å². The first-order valence-electron chi connectivity index (χ1n) is 10.6. The Morgan fingerprint density at radius 1 is 0.935 bits per heavy atom. The van der Waals surface area contributed by atoms with Gasteiger partial charge in [0.2, 0.25) is 0 Å². The van der Waals surface area contributed by atoms with Crippen LogP contribution in [0.5, 0.6) is 0 Å². The smallest absolute Gasteiger partial charge is 0.258 e. The van der Waals surface area contributed by atoms with Crippen LogP contribution < -0.4 is 10.5 Å². The highest BCUT2D eigenvalue weighted by molar-refractivity contribution is 5.63. The lowest BCUT2D eigenvalue weighted by Gasteiger charge is -2.22. The predicted octanol–water partition coefficient (Wildman–Crippen LogP) is 1.41. The van der Waals surface area contributed by atoms with Gasteiger partial charge in [-0.25, -0.2) is 9.97 Å². The summed E-state index contributed by atoms with van der Waals surface area (Å²) in [6.07, 6.45) is 1.93. The standard InChI is InChI=1S/C22H24N8O/c1-13-6-17(28-10-15-8-27(3)9-16(15)11-28)12-29-21(31)7-19(24-22(13)29)18-4-5-20-23-14(2)25-30(20)26-18/h4-7,12,15-16H,8-11H2,1-3H3/t15-,16+. The molecule has 6 heterocycles. The van der Waals surface area contributed by atoms with E-state index in [-0.39, 0.29) is 5.56 Å². The van der Waals surface area contributed by atoms with E-state index >= 15 is 0 Å². The highest BCUT2D eigenvalue weighted by Crippen LogP contribution is 2.33. The summed E-state index contributed by atoms with van der Waals surface area (Å²) in [5.41, 5.74) is 4.41. The number of nitrogens with zero attached hydrogens (tertiary/aromatic N) is 8. The van der Waals surface area contributed by atoms with Gasteiger partial charge < -0.3 is 9.80 Å². The van der Waals surface area contributed by atoms with E-state index in [4.69, 9.17) is 4.98 Å². The number of fused-ring (bicyclic) bond motifs is 3. The molecule has 6 rings (SSSR count). The predicted molar refractivity (Wildman–Crippen MR) is 117 cm³/mol. The van der Waals surface area contributed by atoms with Crippen LogP contribution in [0.15, 0.2) is 35.3 Å². The molecule has 9 heteroatoms. The fourth-order valence-electron chi connectivity index (χ4n) is 5.12. The molecule has 0 aromatic carbocycles. The van der Waals surface area contributed by atoms with Gasteiger partial charge in [-0.05, 0) is 56.5 Å². The van der Waals surface area contributed by atoms with Crippen molar-refractivity contribution in [3.8, 4) is 11.4 Å². The van der Waals surface area contributed by atoms with Gasteiger partial charge in [0.05, 0.1) is 11.4 Å². The topological polar surface area (TPSA) is 83.9 Å². The molecule has 0 aliphatic carbocycles. The van der Waals surface area contributed by atoms with Gasteiger partial charge in [0.25, 0.3) is 5.56 Å². The zero-order valence-electron chi connectivity index (χ0n) is 17.9. The lowest BCUT2D eigenvalue weighted by Crippen LogP contribution is -2.27. The molecular weight excluding hydrogens is 392 g/mol. The van der Waals surface area contributed by atoms with Crippen molar-refractivity contribution < 1.29 is 0 Å². The van der Waals surface area contributed by atoms with E-state index in [1.165, 1.54) is 4.63 Å². The Kier molecular flexibility index (Phi) is 3.92. The first kappa shape index (κ1) is 18.4. The van der Waals surface area contributed by atoms with Crippen molar-refractivity contribution in [2.24, 2.45) is 11.8 Å². The Balaban J connectivity index is 1.40. The molecule has 0 spiro atoms. The Morgan fingerprint density at radius 3 is 2.48 bits per heavy atom. The van der Waals surface area contributed by atoms with E-state index in [2.05, 4.69) is 38.1 Å². The van der Waals surface area contributed by atoms with E-state index in [1.807, 2.05) is 32.2 Å². The van der Waals surface area contributed by atoms with Crippen LogP contribution in [0.3, 0.4) is 0 Å². The number of aromatic nitrogens is 6. The summed E-state index contributed by atoms with van der Waals surface area (Å²) in [5, 5.41) is 8.74. The lowest BCUT2D eigenvalue weighted by molar-refractivity contribution is 0.387. The van der Waals surface area contributed by atoms with Crippen molar-refractivity contribution in [1.82, 2.24) is 34.1 Å². The normalized spacial score (nSPS) is 21.5. The number of pyridine rings is 1. The van der Waals surface area contributed by atoms with Crippen molar-refractivity contribution in [3.63, 3.8) is 0 Å². The molecule has 2 saturated heterocycles. The highest BCUT2D eigenvalue weighted by Gasteiger charge is 2.38. The number of anilines is 1. The number of hydrogen-bond acceptors (Lipinski definition) is 7. The minimum Gasteiger partial charge on any atom is -0.370 e. The summed E-state index contributed by atoms with van der Waals surface area (Å²) in [4.78, 5) is 26.9. The summed E-state index contributed by atoms with van der Waals surface area (Å²) in [5.74, 6) is 2.07. The fourth-order valence-corrected chi connectivity index (χ4v) is 5.12. The molecule has 9 nitrogen and oxygen atoms in total. The van der Waals surface area contributed by atoms with Gasteiger partial charge in [0.1, 0.15) is 17.2 Å². The SMILES string of the molecule is Cc1nc2ccc(-c3cc(=O)n4cc(N5C[C@H]6CN(C)C[C@H]6C5)cc(C)c4n3)nn2n1. The summed E-state index contributed by atoms with van der Waals surface area (Å²) in [7, 11) is 2.20. The van der Waals surface area contributed by atoms with Gasteiger partial charge >= 0.3 is 0 Å². The molecule has 0 saturated carbocycles. The average Bonchev–Trinajstić information content (AvgIpc) is 3.39. The van der Waals surface area contributed by atoms with Crippen LogP contribution >= 0.6 is 0 Å². The van der Waals surface area contributed by atoms with Crippen molar-refractivity contribution >= 4 is 17.0 Å². The van der Waals surface area contributed by atoms with Crippen LogP contribution in [0.2, 0.25) is 0 Å². The molecule has 0 radical (unpaired) electrons. The number of rotatable bonds is 2. The van der Waals surface area contributed by atoms with Crippen molar-refractivity contribution in [1.29, 1.82) is 0 Å². The van der Waals surface area contributed by atoms with E-state index in [9.17, 15) is 4.79 Å². The molecule has 31 heavy (non-hydrogen) atoms. The molecule has 0 bridgehead atoms. The molecule has 4 aromatic heterocycles. The molecule has 4 aromatic rings. The summed E-state index contributed by atoms with van der Waals surface area (Å²) < 4.78 is 3.14. The maximum absolute atomic E-state index is 13.0. The largest absolute Gasteiger partial charge is 0.370 e. The maximum Gasteiger partial charge on any atom is 0.258 e.